The van der Waals surface area contributed by atoms with E-state index in [1.165, 1.54) is 9.80 Å². The maximum atomic E-state index is 13.2. The monoisotopic (exact) mass is 402 g/mol. The van der Waals surface area contributed by atoms with Crippen LogP contribution >= 0.6 is 0 Å². The zero-order chi connectivity index (χ0) is 21.5. The van der Waals surface area contributed by atoms with Crippen molar-refractivity contribution in [2.75, 3.05) is 0 Å². The Morgan fingerprint density at radius 1 is 0.759 bits per heavy atom. The van der Waals surface area contributed by atoms with Gasteiger partial charge < -0.3 is 0 Å². The van der Waals surface area contributed by atoms with E-state index in [2.05, 4.69) is 20.8 Å². The molecule has 2 saturated carbocycles. The molecular formula is C23H34N2O4. The van der Waals surface area contributed by atoms with Crippen LogP contribution < -0.4 is 0 Å². The summed E-state index contributed by atoms with van der Waals surface area (Å²) in [6.07, 6.45) is 4.39. The van der Waals surface area contributed by atoms with Crippen LogP contribution in [0.25, 0.3) is 0 Å². The number of fused-ring (bicyclic) bond motifs is 4. The molecule has 0 aromatic rings. The molecule has 160 valence electrons. The second-order valence-electron chi connectivity index (χ2n) is 10.8. The van der Waals surface area contributed by atoms with Crippen molar-refractivity contribution in [3.63, 3.8) is 0 Å². The number of hydrogen-bond donors (Lipinski definition) is 0. The molecule has 0 aromatic heterocycles. The number of carbonyl (C=O) groups is 4. The predicted octanol–water partition coefficient (Wildman–Crippen LogP) is 3.00. The van der Waals surface area contributed by atoms with Crippen molar-refractivity contribution in [1.29, 1.82) is 0 Å². The fourth-order valence-electron chi connectivity index (χ4n) is 6.12. The van der Waals surface area contributed by atoms with Crippen LogP contribution in [0.2, 0.25) is 0 Å². The van der Waals surface area contributed by atoms with Crippen molar-refractivity contribution in [2.45, 2.75) is 85.2 Å². The van der Waals surface area contributed by atoms with E-state index >= 15 is 0 Å². The van der Waals surface area contributed by atoms with Crippen molar-refractivity contribution < 1.29 is 19.2 Å². The van der Waals surface area contributed by atoms with E-state index in [0.717, 1.165) is 25.7 Å². The predicted molar refractivity (Wildman–Crippen MR) is 107 cm³/mol. The van der Waals surface area contributed by atoms with Crippen LogP contribution in [-0.4, -0.2) is 45.0 Å². The molecule has 2 aliphatic heterocycles. The van der Waals surface area contributed by atoms with Gasteiger partial charge in [0.05, 0.1) is 23.7 Å². The standard InChI is InChI=1S/C23H34N2O4/c1-7-22(3,4)12-9-10-13(11-12)24-18(26)14-15(19(24)27)17-16(14)20(28)25(21(17)29)23(5,6)8-2/h12-17H,7-11H2,1-6H3. The number of imide groups is 2. The number of carbonyl (C=O) groups excluding carboxylic acids is 4. The molecule has 0 bridgehead atoms. The van der Waals surface area contributed by atoms with E-state index in [4.69, 9.17) is 0 Å². The minimum atomic E-state index is -0.635. The van der Waals surface area contributed by atoms with Gasteiger partial charge in [0.1, 0.15) is 0 Å². The second-order valence-corrected chi connectivity index (χ2v) is 10.8. The Morgan fingerprint density at radius 3 is 1.69 bits per heavy atom. The summed E-state index contributed by atoms with van der Waals surface area (Å²) in [4.78, 5) is 55.4. The number of likely N-dealkylation sites (tertiary alicyclic amines) is 2. The third-order valence-corrected chi connectivity index (χ3v) is 8.86. The van der Waals surface area contributed by atoms with Crippen LogP contribution in [0, 0.1) is 35.0 Å². The van der Waals surface area contributed by atoms with Crippen LogP contribution in [0.3, 0.4) is 0 Å². The Labute approximate surface area is 173 Å². The molecule has 4 fully saturated rings. The lowest BCUT2D eigenvalue weighted by Crippen LogP contribution is -2.50. The number of nitrogens with zero attached hydrogens (tertiary/aromatic N) is 2. The number of amides is 4. The first kappa shape index (κ1) is 20.5. The first-order valence-corrected chi connectivity index (χ1v) is 11.2. The summed E-state index contributed by atoms with van der Waals surface area (Å²) in [6, 6.07) is -0.0782. The minimum Gasteiger partial charge on any atom is -0.279 e. The highest BCUT2D eigenvalue weighted by Gasteiger charge is 2.74. The van der Waals surface area contributed by atoms with Crippen LogP contribution in [0.1, 0.15) is 73.6 Å². The lowest BCUT2D eigenvalue weighted by atomic mass is 9.59. The average molecular weight is 403 g/mol. The van der Waals surface area contributed by atoms with Crippen LogP contribution in [0.15, 0.2) is 0 Å². The minimum absolute atomic E-state index is 0.0782. The van der Waals surface area contributed by atoms with Gasteiger partial charge >= 0.3 is 0 Å². The van der Waals surface area contributed by atoms with Crippen molar-refractivity contribution in [3.05, 3.63) is 0 Å². The highest BCUT2D eigenvalue weighted by molar-refractivity contribution is 6.18. The maximum absolute atomic E-state index is 13.2. The van der Waals surface area contributed by atoms with Crippen LogP contribution in [0.5, 0.6) is 0 Å². The molecule has 2 aliphatic carbocycles. The normalized spacial score (nSPS) is 37.3. The van der Waals surface area contributed by atoms with Crippen molar-refractivity contribution in [3.8, 4) is 0 Å². The number of rotatable bonds is 5. The summed E-state index contributed by atoms with van der Waals surface area (Å²) in [5, 5.41) is 0. The summed E-state index contributed by atoms with van der Waals surface area (Å²) in [5.74, 6) is -2.97. The molecule has 6 nitrogen and oxygen atoms in total. The van der Waals surface area contributed by atoms with Crippen molar-refractivity contribution >= 4 is 23.6 Å². The molecular weight excluding hydrogens is 368 g/mol. The first-order chi connectivity index (χ1) is 13.5. The van der Waals surface area contributed by atoms with Crippen LogP contribution in [0.4, 0.5) is 0 Å². The van der Waals surface area contributed by atoms with Gasteiger partial charge in [-0.25, -0.2) is 0 Å². The van der Waals surface area contributed by atoms with E-state index < -0.39 is 29.2 Å². The highest BCUT2D eigenvalue weighted by Crippen LogP contribution is 2.58. The van der Waals surface area contributed by atoms with Gasteiger partial charge in [0.2, 0.25) is 23.6 Å². The molecule has 0 aromatic carbocycles. The molecule has 29 heavy (non-hydrogen) atoms. The molecule has 6 atom stereocenters. The lowest BCUT2D eigenvalue weighted by molar-refractivity contribution is -0.149. The Bertz CT molecular complexity index is 746. The molecule has 0 radical (unpaired) electrons. The summed E-state index contributed by atoms with van der Waals surface area (Å²) < 4.78 is 0. The molecule has 0 spiro atoms. The summed E-state index contributed by atoms with van der Waals surface area (Å²) in [6.45, 7) is 12.4. The fraction of sp³-hybridized carbons (Fsp3) is 0.826. The molecule has 4 amide bonds. The Balaban J connectivity index is 1.56. The van der Waals surface area contributed by atoms with Gasteiger partial charge in [0.25, 0.3) is 0 Å². The molecule has 4 aliphatic rings. The van der Waals surface area contributed by atoms with E-state index in [-0.39, 0.29) is 35.1 Å². The first-order valence-electron chi connectivity index (χ1n) is 11.2. The average Bonchev–Trinajstić information content (AvgIpc) is 3.23. The van der Waals surface area contributed by atoms with Crippen molar-refractivity contribution in [1.82, 2.24) is 9.80 Å². The topological polar surface area (TPSA) is 74.8 Å². The SMILES string of the molecule is CCC(C)(C)C1CCC(N2C(=O)C3C(C2=O)C2C(=O)N(C(C)(C)CC)C(=O)C32)C1. The van der Waals surface area contributed by atoms with Gasteiger partial charge in [-0.3, -0.25) is 29.0 Å². The Morgan fingerprint density at radius 2 is 1.24 bits per heavy atom. The third kappa shape index (κ3) is 2.59. The summed E-state index contributed by atoms with van der Waals surface area (Å²) in [5.41, 5.74) is -0.399. The van der Waals surface area contributed by atoms with Gasteiger partial charge in [0, 0.05) is 11.6 Å². The van der Waals surface area contributed by atoms with E-state index in [1.807, 2.05) is 20.8 Å². The summed E-state index contributed by atoms with van der Waals surface area (Å²) in [7, 11) is 0. The highest BCUT2D eigenvalue weighted by atomic mass is 16.2. The van der Waals surface area contributed by atoms with E-state index in [9.17, 15) is 19.2 Å². The molecule has 2 saturated heterocycles. The lowest BCUT2D eigenvalue weighted by Gasteiger charge is -2.36. The van der Waals surface area contributed by atoms with Crippen LogP contribution in [-0.2, 0) is 19.2 Å². The smallest absolute Gasteiger partial charge is 0.234 e. The largest absolute Gasteiger partial charge is 0.279 e. The Kier molecular flexibility index (Phi) is 4.53. The molecule has 6 unspecified atom stereocenters. The zero-order valence-electron chi connectivity index (χ0n) is 18.5. The summed E-state index contributed by atoms with van der Waals surface area (Å²) >= 11 is 0. The fourth-order valence-corrected chi connectivity index (χ4v) is 6.12. The molecule has 0 N–H and O–H groups in total. The third-order valence-electron chi connectivity index (χ3n) is 8.86. The second kappa shape index (κ2) is 6.39. The van der Waals surface area contributed by atoms with Gasteiger partial charge in [0.15, 0.2) is 0 Å². The van der Waals surface area contributed by atoms with E-state index in [0.29, 0.717) is 12.3 Å². The van der Waals surface area contributed by atoms with Gasteiger partial charge in [-0.1, -0.05) is 34.1 Å². The van der Waals surface area contributed by atoms with Gasteiger partial charge in [-0.2, -0.15) is 0 Å². The number of hydrogen-bond acceptors (Lipinski definition) is 4. The van der Waals surface area contributed by atoms with Gasteiger partial charge in [-0.05, 0) is 50.9 Å². The van der Waals surface area contributed by atoms with Crippen molar-refractivity contribution in [2.24, 2.45) is 35.0 Å². The molecule has 2 heterocycles. The molecule has 6 heteroatoms. The quantitative estimate of drug-likeness (QED) is 0.663. The maximum Gasteiger partial charge on any atom is 0.234 e. The molecule has 4 rings (SSSR count). The van der Waals surface area contributed by atoms with Gasteiger partial charge in [-0.15, -0.1) is 0 Å². The zero-order valence-corrected chi connectivity index (χ0v) is 18.5. The Hall–Kier alpha value is -1.72. The van der Waals surface area contributed by atoms with E-state index in [1.54, 1.807) is 0 Å².